The molecule has 1 amide bonds. The lowest BCUT2D eigenvalue weighted by Gasteiger charge is -2.10. The first-order valence-corrected chi connectivity index (χ1v) is 4.86. The maximum atomic E-state index is 11.9. The SMILES string of the molecule is Cc1ccc(C(=O)NCC(O)C(F)F)c(=O)[nH]1. The molecule has 0 aliphatic carbocycles. The number of amides is 1. The summed E-state index contributed by atoms with van der Waals surface area (Å²) in [6.07, 6.45) is -4.88. The molecule has 3 N–H and O–H groups in total. The van der Waals surface area contributed by atoms with Crippen LogP contribution in [0.2, 0.25) is 0 Å². The van der Waals surface area contributed by atoms with Gasteiger partial charge >= 0.3 is 0 Å². The summed E-state index contributed by atoms with van der Waals surface area (Å²) in [4.78, 5) is 25.2. The van der Waals surface area contributed by atoms with Gasteiger partial charge in [-0.3, -0.25) is 9.59 Å². The molecule has 0 aliphatic heterocycles. The van der Waals surface area contributed by atoms with Crippen molar-refractivity contribution in [3.05, 3.63) is 33.7 Å². The van der Waals surface area contributed by atoms with Crippen molar-refractivity contribution in [3.8, 4) is 0 Å². The Bertz CT molecular complexity index is 459. The van der Waals surface area contributed by atoms with Crippen molar-refractivity contribution < 1.29 is 18.7 Å². The molecule has 0 radical (unpaired) electrons. The molecule has 0 spiro atoms. The molecule has 0 fully saturated rings. The van der Waals surface area contributed by atoms with Gasteiger partial charge in [-0.1, -0.05) is 0 Å². The van der Waals surface area contributed by atoms with E-state index in [1.165, 1.54) is 12.1 Å². The minimum absolute atomic E-state index is 0.183. The second-order valence-electron chi connectivity index (χ2n) is 3.50. The van der Waals surface area contributed by atoms with Gasteiger partial charge in [0.15, 0.2) is 0 Å². The van der Waals surface area contributed by atoms with E-state index in [0.717, 1.165) is 0 Å². The van der Waals surface area contributed by atoms with Crippen molar-refractivity contribution in [1.29, 1.82) is 0 Å². The van der Waals surface area contributed by atoms with E-state index >= 15 is 0 Å². The lowest BCUT2D eigenvalue weighted by Crippen LogP contribution is -2.37. The summed E-state index contributed by atoms with van der Waals surface area (Å²) in [5.41, 5.74) is -0.203. The van der Waals surface area contributed by atoms with E-state index in [0.29, 0.717) is 5.69 Å². The number of carbonyl (C=O) groups is 1. The molecule has 1 heterocycles. The van der Waals surface area contributed by atoms with Gasteiger partial charge in [0.2, 0.25) is 0 Å². The predicted octanol–water partition coefficient (Wildman–Crippen LogP) is 0.0391. The zero-order valence-corrected chi connectivity index (χ0v) is 9.04. The third-order valence-corrected chi connectivity index (χ3v) is 2.06. The van der Waals surface area contributed by atoms with E-state index in [2.05, 4.69) is 10.3 Å². The number of pyridine rings is 1. The maximum Gasteiger partial charge on any atom is 0.265 e. The van der Waals surface area contributed by atoms with E-state index in [9.17, 15) is 18.4 Å². The summed E-state index contributed by atoms with van der Waals surface area (Å²) in [5, 5.41) is 10.8. The molecule has 1 rings (SSSR count). The Morgan fingerprint density at radius 2 is 2.18 bits per heavy atom. The Morgan fingerprint density at radius 3 is 2.71 bits per heavy atom. The minimum atomic E-state index is -2.94. The number of H-pyrrole nitrogens is 1. The van der Waals surface area contributed by atoms with Crippen LogP contribution < -0.4 is 10.9 Å². The van der Waals surface area contributed by atoms with E-state index in [4.69, 9.17) is 5.11 Å². The zero-order chi connectivity index (χ0) is 13.0. The Kier molecular flexibility index (Phi) is 4.33. The van der Waals surface area contributed by atoms with Crippen molar-refractivity contribution in [2.24, 2.45) is 0 Å². The van der Waals surface area contributed by atoms with Gasteiger partial charge in [-0.05, 0) is 19.1 Å². The fourth-order valence-electron chi connectivity index (χ4n) is 1.13. The van der Waals surface area contributed by atoms with Crippen LogP contribution in [0, 0.1) is 6.92 Å². The molecule has 1 unspecified atom stereocenters. The Hall–Kier alpha value is -1.76. The van der Waals surface area contributed by atoms with Crippen LogP contribution >= 0.6 is 0 Å². The van der Waals surface area contributed by atoms with Crippen LogP contribution in [0.5, 0.6) is 0 Å². The van der Waals surface area contributed by atoms with Crippen molar-refractivity contribution in [2.75, 3.05) is 6.54 Å². The Morgan fingerprint density at radius 1 is 1.53 bits per heavy atom. The van der Waals surface area contributed by atoms with Gasteiger partial charge in [-0.2, -0.15) is 0 Å². The number of nitrogens with one attached hydrogen (secondary N) is 2. The van der Waals surface area contributed by atoms with Gasteiger partial charge in [-0.25, -0.2) is 8.78 Å². The first-order valence-electron chi connectivity index (χ1n) is 4.86. The van der Waals surface area contributed by atoms with Gasteiger partial charge in [0.05, 0.1) is 0 Å². The molecule has 1 atom stereocenters. The number of aliphatic hydroxyl groups excluding tert-OH is 1. The van der Waals surface area contributed by atoms with Crippen LogP contribution in [0.15, 0.2) is 16.9 Å². The topological polar surface area (TPSA) is 82.2 Å². The number of alkyl halides is 2. The molecule has 1 aromatic rings. The van der Waals surface area contributed by atoms with Crippen LogP contribution in [-0.2, 0) is 0 Å². The summed E-state index contributed by atoms with van der Waals surface area (Å²) in [7, 11) is 0. The van der Waals surface area contributed by atoms with E-state index in [1.807, 2.05) is 0 Å². The van der Waals surface area contributed by atoms with E-state index in [-0.39, 0.29) is 5.56 Å². The van der Waals surface area contributed by atoms with Crippen molar-refractivity contribution in [1.82, 2.24) is 10.3 Å². The lowest BCUT2D eigenvalue weighted by atomic mass is 10.2. The molecular weight excluding hydrogens is 234 g/mol. The largest absolute Gasteiger partial charge is 0.385 e. The van der Waals surface area contributed by atoms with Gasteiger partial charge in [0, 0.05) is 12.2 Å². The third kappa shape index (κ3) is 3.63. The van der Waals surface area contributed by atoms with Crippen molar-refractivity contribution in [3.63, 3.8) is 0 Å². The second kappa shape index (κ2) is 5.53. The van der Waals surface area contributed by atoms with Crippen LogP contribution in [0.3, 0.4) is 0 Å². The molecule has 94 valence electrons. The summed E-state index contributed by atoms with van der Waals surface area (Å²) >= 11 is 0. The zero-order valence-electron chi connectivity index (χ0n) is 9.04. The Balaban J connectivity index is 2.68. The molecule has 0 aromatic carbocycles. The van der Waals surface area contributed by atoms with Gasteiger partial charge < -0.3 is 15.4 Å². The fraction of sp³-hybridized carbons (Fsp3) is 0.400. The van der Waals surface area contributed by atoms with Gasteiger partial charge in [0.1, 0.15) is 11.7 Å². The summed E-state index contributed by atoms with van der Waals surface area (Å²) in [6.45, 7) is 1.04. The van der Waals surface area contributed by atoms with Crippen molar-refractivity contribution in [2.45, 2.75) is 19.5 Å². The summed E-state index contributed by atoms with van der Waals surface area (Å²) < 4.78 is 23.9. The molecule has 17 heavy (non-hydrogen) atoms. The number of aryl methyl sites for hydroxylation is 1. The molecule has 5 nitrogen and oxygen atoms in total. The number of hydrogen-bond acceptors (Lipinski definition) is 3. The number of aromatic amines is 1. The van der Waals surface area contributed by atoms with Gasteiger partial charge in [-0.15, -0.1) is 0 Å². The number of carbonyl (C=O) groups excluding carboxylic acids is 1. The fourth-order valence-corrected chi connectivity index (χ4v) is 1.13. The number of halogens is 2. The molecular formula is C10H12F2N2O3. The quantitative estimate of drug-likeness (QED) is 0.701. The maximum absolute atomic E-state index is 11.9. The Labute approximate surface area is 95.5 Å². The predicted molar refractivity (Wildman–Crippen MR) is 56.1 cm³/mol. The highest BCUT2D eigenvalue weighted by molar-refractivity contribution is 5.93. The van der Waals surface area contributed by atoms with E-state index in [1.54, 1.807) is 6.92 Å². The third-order valence-electron chi connectivity index (χ3n) is 2.06. The number of hydrogen-bond donors (Lipinski definition) is 3. The van der Waals surface area contributed by atoms with Crippen molar-refractivity contribution >= 4 is 5.91 Å². The molecule has 0 saturated heterocycles. The smallest absolute Gasteiger partial charge is 0.265 e. The normalized spacial score (nSPS) is 12.5. The average Bonchev–Trinajstić information content (AvgIpc) is 2.25. The second-order valence-corrected chi connectivity index (χ2v) is 3.50. The van der Waals surface area contributed by atoms with Crippen LogP contribution in [-0.4, -0.2) is 35.1 Å². The monoisotopic (exact) mass is 246 g/mol. The minimum Gasteiger partial charge on any atom is -0.385 e. The standard InChI is InChI=1S/C10H12F2N2O3/c1-5-2-3-6(10(17)14-5)9(16)13-4-7(15)8(11)12/h2-3,7-8,15H,4H2,1H3,(H,13,16)(H,14,17). The highest BCUT2D eigenvalue weighted by Crippen LogP contribution is 1.99. The molecule has 0 bridgehead atoms. The summed E-state index contributed by atoms with van der Waals surface area (Å²) in [6, 6.07) is 2.80. The highest BCUT2D eigenvalue weighted by atomic mass is 19.3. The number of aromatic nitrogens is 1. The van der Waals surface area contributed by atoms with E-state index < -0.39 is 30.5 Å². The number of rotatable bonds is 4. The molecule has 0 saturated carbocycles. The first-order chi connectivity index (χ1) is 7.91. The lowest BCUT2D eigenvalue weighted by molar-refractivity contribution is -0.00271. The first kappa shape index (κ1) is 13.3. The van der Waals surface area contributed by atoms with Crippen LogP contribution in [0.4, 0.5) is 8.78 Å². The van der Waals surface area contributed by atoms with Crippen LogP contribution in [0.1, 0.15) is 16.1 Å². The average molecular weight is 246 g/mol. The van der Waals surface area contributed by atoms with Gasteiger partial charge in [0.25, 0.3) is 17.9 Å². The highest BCUT2D eigenvalue weighted by Gasteiger charge is 2.18. The molecule has 7 heteroatoms. The van der Waals surface area contributed by atoms with Crippen LogP contribution in [0.25, 0.3) is 0 Å². The molecule has 0 aliphatic rings. The number of aliphatic hydroxyl groups is 1. The molecule has 1 aromatic heterocycles. The summed E-state index contributed by atoms with van der Waals surface area (Å²) in [5.74, 6) is -0.800.